The maximum absolute atomic E-state index is 13.5. The van der Waals surface area contributed by atoms with Crippen LogP contribution in [-0.4, -0.2) is 21.4 Å². The zero-order chi connectivity index (χ0) is 15.4. The SMILES string of the molecule is CCNc1cc(Oc2cc(F)c(Br)cc2[N+](=O)[O-])ncn1. The van der Waals surface area contributed by atoms with Gasteiger partial charge in [0.1, 0.15) is 18.0 Å². The molecule has 0 amide bonds. The first-order chi connectivity index (χ1) is 10.0. The van der Waals surface area contributed by atoms with Crippen molar-refractivity contribution in [1.29, 1.82) is 0 Å². The average Bonchev–Trinajstić information content (AvgIpc) is 2.43. The van der Waals surface area contributed by atoms with Crippen LogP contribution in [0, 0.1) is 15.9 Å². The molecule has 0 bridgehead atoms. The summed E-state index contributed by atoms with van der Waals surface area (Å²) < 4.78 is 18.8. The number of hydrogen-bond acceptors (Lipinski definition) is 6. The zero-order valence-electron chi connectivity index (χ0n) is 10.8. The van der Waals surface area contributed by atoms with Crippen molar-refractivity contribution in [2.45, 2.75) is 6.92 Å². The first-order valence-electron chi connectivity index (χ1n) is 5.88. The molecule has 1 aromatic heterocycles. The van der Waals surface area contributed by atoms with E-state index in [1.165, 1.54) is 12.4 Å². The summed E-state index contributed by atoms with van der Waals surface area (Å²) in [5, 5.41) is 13.9. The molecule has 0 fully saturated rings. The zero-order valence-corrected chi connectivity index (χ0v) is 12.4. The maximum Gasteiger partial charge on any atom is 0.312 e. The van der Waals surface area contributed by atoms with Gasteiger partial charge in [0.15, 0.2) is 0 Å². The molecule has 21 heavy (non-hydrogen) atoms. The van der Waals surface area contributed by atoms with Crippen LogP contribution in [0.2, 0.25) is 0 Å². The lowest BCUT2D eigenvalue weighted by Crippen LogP contribution is -2.01. The number of hydrogen-bond donors (Lipinski definition) is 1. The number of nitro benzene ring substituents is 1. The van der Waals surface area contributed by atoms with Crippen molar-refractivity contribution < 1.29 is 14.1 Å². The Hall–Kier alpha value is -2.29. The van der Waals surface area contributed by atoms with E-state index < -0.39 is 10.7 Å². The number of ether oxygens (including phenoxy) is 1. The van der Waals surface area contributed by atoms with Gasteiger partial charge in [-0.25, -0.2) is 14.4 Å². The molecule has 2 aromatic rings. The summed E-state index contributed by atoms with van der Waals surface area (Å²) in [6.07, 6.45) is 1.24. The highest BCUT2D eigenvalue weighted by Gasteiger charge is 2.20. The summed E-state index contributed by atoms with van der Waals surface area (Å²) in [5.74, 6) is -0.327. The number of anilines is 1. The molecule has 7 nitrogen and oxygen atoms in total. The minimum absolute atomic E-state index is 0.0161. The first kappa shape index (κ1) is 15.1. The van der Waals surface area contributed by atoms with Gasteiger partial charge < -0.3 is 10.1 Å². The van der Waals surface area contributed by atoms with Crippen molar-refractivity contribution >= 4 is 27.4 Å². The molecule has 1 heterocycles. The summed E-state index contributed by atoms with van der Waals surface area (Å²) in [7, 11) is 0. The van der Waals surface area contributed by atoms with Gasteiger partial charge >= 0.3 is 5.69 Å². The Labute approximate surface area is 127 Å². The third kappa shape index (κ3) is 3.63. The third-order valence-corrected chi connectivity index (χ3v) is 3.02. The van der Waals surface area contributed by atoms with Gasteiger partial charge in [-0.15, -0.1) is 0 Å². The fourth-order valence-electron chi connectivity index (χ4n) is 1.53. The molecule has 0 aliphatic carbocycles. The quantitative estimate of drug-likeness (QED) is 0.651. The minimum Gasteiger partial charge on any atom is -0.431 e. The molecular formula is C12H10BrFN4O3. The Kier molecular flexibility index (Phi) is 4.63. The lowest BCUT2D eigenvalue weighted by Gasteiger charge is -2.08. The molecule has 0 saturated carbocycles. The van der Waals surface area contributed by atoms with E-state index in [9.17, 15) is 14.5 Å². The van der Waals surface area contributed by atoms with Crippen LogP contribution in [0.5, 0.6) is 11.6 Å². The molecule has 0 radical (unpaired) electrons. The molecule has 110 valence electrons. The lowest BCUT2D eigenvalue weighted by molar-refractivity contribution is -0.385. The maximum atomic E-state index is 13.5. The second-order valence-electron chi connectivity index (χ2n) is 3.87. The minimum atomic E-state index is -0.670. The predicted molar refractivity (Wildman–Crippen MR) is 77.0 cm³/mol. The summed E-state index contributed by atoms with van der Waals surface area (Å²) in [6, 6.07) is 3.43. The topological polar surface area (TPSA) is 90.2 Å². The second kappa shape index (κ2) is 6.44. The van der Waals surface area contributed by atoms with E-state index in [0.717, 1.165) is 12.1 Å². The highest BCUT2D eigenvalue weighted by Crippen LogP contribution is 2.35. The van der Waals surface area contributed by atoms with Crippen LogP contribution in [0.3, 0.4) is 0 Å². The molecular weight excluding hydrogens is 347 g/mol. The van der Waals surface area contributed by atoms with E-state index in [4.69, 9.17) is 4.74 Å². The van der Waals surface area contributed by atoms with Gasteiger partial charge in [-0.1, -0.05) is 0 Å². The largest absolute Gasteiger partial charge is 0.431 e. The molecule has 9 heteroatoms. The summed E-state index contributed by atoms with van der Waals surface area (Å²) in [5.41, 5.74) is -0.369. The molecule has 0 spiro atoms. The fourth-order valence-corrected chi connectivity index (χ4v) is 1.86. The summed E-state index contributed by atoms with van der Waals surface area (Å²) in [4.78, 5) is 18.1. The summed E-state index contributed by atoms with van der Waals surface area (Å²) >= 11 is 2.90. The van der Waals surface area contributed by atoms with Crippen LogP contribution >= 0.6 is 15.9 Å². The molecule has 0 aliphatic rings. The van der Waals surface area contributed by atoms with Crippen molar-refractivity contribution in [1.82, 2.24) is 9.97 Å². The number of rotatable bonds is 5. The first-order valence-corrected chi connectivity index (χ1v) is 6.67. The van der Waals surface area contributed by atoms with Crippen molar-refractivity contribution in [3.05, 3.63) is 44.9 Å². The smallest absolute Gasteiger partial charge is 0.312 e. The average molecular weight is 357 g/mol. The van der Waals surface area contributed by atoms with Crippen LogP contribution in [0.1, 0.15) is 6.92 Å². The van der Waals surface area contributed by atoms with E-state index in [0.29, 0.717) is 12.4 Å². The van der Waals surface area contributed by atoms with Gasteiger partial charge in [0.25, 0.3) is 0 Å². The van der Waals surface area contributed by atoms with Gasteiger partial charge in [-0.05, 0) is 22.9 Å². The number of nitrogens with one attached hydrogen (secondary N) is 1. The molecule has 0 atom stereocenters. The second-order valence-corrected chi connectivity index (χ2v) is 4.72. The molecule has 2 rings (SSSR count). The number of halogens is 2. The number of nitro groups is 1. The van der Waals surface area contributed by atoms with E-state index in [1.54, 1.807) is 0 Å². The predicted octanol–water partition coefficient (Wildman–Crippen LogP) is 3.51. The van der Waals surface area contributed by atoms with Crippen LogP contribution < -0.4 is 10.1 Å². The van der Waals surface area contributed by atoms with Crippen LogP contribution in [0.4, 0.5) is 15.9 Å². The Morgan fingerprint density at radius 1 is 1.43 bits per heavy atom. The van der Waals surface area contributed by atoms with Gasteiger partial charge in [-0.3, -0.25) is 10.1 Å². The molecule has 1 N–H and O–H groups in total. The molecule has 0 unspecified atom stereocenters. The Morgan fingerprint density at radius 3 is 2.86 bits per heavy atom. The highest BCUT2D eigenvalue weighted by atomic mass is 79.9. The van der Waals surface area contributed by atoms with Crippen LogP contribution in [0.15, 0.2) is 29.0 Å². The number of nitrogens with zero attached hydrogens (tertiary/aromatic N) is 3. The molecule has 0 saturated heterocycles. The standard InChI is InChI=1S/C12H10BrFN4O3/c1-2-15-11-5-12(17-6-16-11)21-10-4-8(14)7(13)3-9(10)18(19)20/h3-6H,2H2,1H3,(H,15,16,17). The lowest BCUT2D eigenvalue weighted by atomic mass is 10.3. The number of benzene rings is 1. The Morgan fingerprint density at radius 2 is 2.19 bits per heavy atom. The van der Waals surface area contributed by atoms with E-state index in [-0.39, 0.29) is 21.8 Å². The van der Waals surface area contributed by atoms with Crippen LogP contribution in [-0.2, 0) is 0 Å². The van der Waals surface area contributed by atoms with Gasteiger partial charge in [0.2, 0.25) is 11.6 Å². The van der Waals surface area contributed by atoms with Crippen molar-refractivity contribution in [3.8, 4) is 11.6 Å². The Balaban J connectivity index is 2.36. The number of aromatic nitrogens is 2. The molecule has 1 aromatic carbocycles. The van der Waals surface area contributed by atoms with Gasteiger partial charge in [0.05, 0.1) is 9.40 Å². The van der Waals surface area contributed by atoms with Gasteiger partial charge in [-0.2, -0.15) is 0 Å². The normalized spacial score (nSPS) is 10.2. The highest BCUT2D eigenvalue weighted by molar-refractivity contribution is 9.10. The van der Waals surface area contributed by atoms with Crippen LogP contribution in [0.25, 0.3) is 0 Å². The monoisotopic (exact) mass is 356 g/mol. The van der Waals surface area contributed by atoms with E-state index in [2.05, 4.69) is 31.2 Å². The van der Waals surface area contributed by atoms with Crippen molar-refractivity contribution in [2.24, 2.45) is 0 Å². The fraction of sp³-hybridized carbons (Fsp3) is 0.167. The summed E-state index contributed by atoms with van der Waals surface area (Å²) in [6.45, 7) is 2.53. The Bertz CT molecular complexity index is 684. The molecule has 0 aliphatic heterocycles. The van der Waals surface area contributed by atoms with E-state index in [1.807, 2.05) is 6.92 Å². The van der Waals surface area contributed by atoms with Gasteiger partial charge in [0, 0.05) is 24.7 Å². The van der Waals surface area contributed by atoms with E-state index >= 15 is 0 Å². The van der Waals surface area contributed by atoms with Crippen molar-refractivity contribution in [3.63, 3.8) is 0 Å². The van der Waals surface area contributed by atoms with Crippen molar-refractivity contribution in [2.75, 3.05) is 11.9 Å². The third-order valence-electron chi connectivity index (χ3n) is 2.41.